The molecule has 0 aliphatic carbocycles. The Morgan fingerprint density at radius 3 is 2.31 bits per heavy atom. The molecule has 4 heteroatoms. The van der Waals surface area contributed by atoms with Crippen molar-refractivity contribution in [1.29, 1.82) is 0 Å². The van der Waals surface area contributed by atoms with E-state index >= 15 is 0 Å². The Labute approximate surface area is 106 Å². The molecule has 0 aromatic carbocycles. The highest BCUT2D eigenvalue weighted by Gasteiger charge is 2.38. The van der Waals surface area contributed by atoms with Crippen LogP contribution in [0.4, 0.5) is 0 Å². The van der Waals surface area contributed by atoms with Crippen LogP contribution in [-0.2, 0) is 0 Å². The van der Waals surface area contributed by atoms with E-state index in [1.165, 1.54) is 0 Å². The summed E-state index contributed by atoms with van der Waals surface area (Å²) in [6.07, 6.45) is 3.65. The average Bonchev–Trinajstić information content (AvgIpc) is 2.66. The number of halogens is 1. The van der Waals surface area contributed by atoms with Gasteiger partial charge in [-0.2, -0.15) is 0 Å². The van der Waals surface area contributed by atoms with Crippen LogP contribution in [0.5, 0.6) is 0 Å². The van der Waals surface area contributed by atoms with Crippen LogP contribution in [0.1, 0.15) is 38.5 Å². The maximum atomic E-state index is 6.38. The highest BCUT2D eigenvalue weighted by Crippen LogP contribution is 2.37. The Hall–Kier alpha value is -0.320. The highest BCUT2D eigenvalue weighted by molar-refractivity contribution is 9.10. The molecule has 0 amide bonds. The van der Waals surface area contributed by atoms with Gasteiger partial charge >= 0.3 is 0 Å². The van der Waals surface area contributed by atoms with Crippen LogP contribution in [0.2, 0.25) is 0 Å². The molecule has 1 rings (SSSR count). The van der Waals surface area contributed by atoms with E-state index < -0.39 is 0 Å². The van der Waals surface area contributed by atoms with Gasteiger partial charge in [-0.05, 0) is 48.9 Å². The van der Waals surface area contributed by atoms with E-state index in [2.05, 4.69) is 48.8 Å². The zero-order chi connectivity index (χ0) is 12.3. The minimum Gasteiger partial charge on any atom is -0.466 e. The molecule has 1 unspecified atom stereocenters. The summed E-state index contributed by atoms with van der Waals surface area (Å²) >= 11 is 3.47. The quantitative estimate of drug-likeness (QED) is 0.905. The molecular formula is C12H21BrN2O. The van der Waals surface area contributed by atoms with Crippen LogP contribution < -0.4 is 5.73 Å². The Balaban J connectivity index is 3.09. The van der Waals surface area contributed by atoms with Gasteiger partial charge in [0.2, 0.25) is 0 Å². The monoisotopic (exact) mass is 288 g/mol. The molecule has 92 valence electrons. The fourth-order valence-corrected chi connectivity index (χ4v) is 2.82. The molecule has 0 aliphatic rings. The first-order chi connectivity index (χ1) is 7.49. The minimum absolute atomic E-state index is 0.0552. The molecular weight excluding hydrogens is 268 g/mol. The summed E-state index contributed by atoms with van der Waals surface area (Å²) in [6.45, 7) is 4.33. The second-order valence-electron chi connectivity index (χ2n) is 4.32. The van der Waals surface area contributed by atoms with Gasteiger partial charge in [0.25, 0.3) is 0 Å². The number of likely N-dealkylation sites (N-methyl/N-ethyl adjacent to an activating group) is 1. The number of hydrogen-bond donors (Lipinski definition) is 1. The smallest absolute Gasteiger partial charge is 0.136 e. The van der Waals surface area contributed by atoms with Gasteiger partial charge in [0.05, 0.1) is 16.8 Å². The van der Waals surface area contributed by atoms with Gasteiger partial charge in [-0.1, -0.05) is 13.8 Å². The van der Waals surface area contributed by atoms with Crippen LogP contribution in [0, 0.1) is 0 Å². The molecule has 0 aliphatic heterocycles. The maximum Gasteiger partial charge on any atom is 0.136 e. The lowest BCUT2D eigenvalue weighted by Crippen LogP contribution is -2.51. The Kier molecular flexibility index (Phi) is 4.59. The summed E-state index contributed by atoms with van der Waals surface area (Å²) in [7, 11) is 4.15. The Morgan fingerprint density at radius 1 is 1.44 bits per heavy atom. The normalized spacial score (nSPS) is 14.4. The Morgan fingerprint density at radius 2 is 2.00 bits per heavy atom. The van der Waals surface area contributed by atoms with Crippen molar-refractivity contribution in [3.8, 4) is 0 Å². The van der Waals surface area contributed by atoms with E-state index in [-0.39, 0.29) is 11.6 Å². The standard InChI is InChI=1S/C12H21BrN2O/c1-5-12(6-2,15(3)4)11(14)10-9(13)7-8-16-10/h7-8,11H,5-6,14H2,1-4H3. The lowest BCUT2D eigenvalue weighted by atomic mass is 9.82. The third-order valence-electron chi connectivity index (χ3n) is 3.62. The zero-order valence-corrected chi connectivity index (χ0v) is 12.0. The van der Waals surface area contributed by atoms with Crippen LogP contribution >= 0.6 is 15.9 Å². The molecule has 0 radical (unpaired) electrons. The van der Waals surface area contributed by atoms with Crippen LogP contribution in [0.25, 0.3) is 0 Å². The third kappa shape index (κ3) is 2.19. The van der Waals surface area contributed by atoms with Gasteiger partial charge in [-0.25, -0.2) is 0 Å². The molecule has 3 nitrogen and oxygen atoms in total. The first-order valence-electron chi connectivity index (χ1n) is 5.65. The van der Waals surface area contributed by atoms with Gasteiger partial charge in [0, 0.05) is 5.54 Å². The summed E-state index contributed by atoms with van der Waals surface area (Å²) in [5, 5.41) is 0. The van der Waals surface area contributed by atoms with Crippen LogP contribution in [0.3, 0.4) is 0 Å². The predicted octanol–water partition coefficient (Wildman–Crippen LogP) is 3.16. The molecule has 0 saturated carbocycles. The summed E-state index contributed by atoms with van der Waals surface area (Å²) in [5.74, 6) is 0.831. The van der Waals surface area contributed by atoms with Gasteiger partial charge in [-0.3, -0.25) is 0 Å². The average molecular weight is 289 g/mol. The Bertz CT molecular complexity index is 332. The van der Waals surface area contributed by atoms with Crippen molar-refractivity contribution in [3.63, 3.8) is 0 Å². The minimum atomic E-state index is -0.123. The fraction of sp³-hybridized carbons (Fsp3) is 0.667. The molecule has 0 bridgehead atoms. The topological polar surface area (TPSA) is 42.4 Å². The third-order valence-corrected chi connectivity index (χ3v) is 4.28. The molecule has 1 atom stereocenters. The SMILES string of the molecule is CCC(CC)(C(N)c1occc1Br)N(C)C. The van der Waals surface area contributed by atoms with Crippen molar-refractivity contribution in [1.82, 2.24) is 4.90 Å². The van der Waals surface area contributed by atoms with Crippen molar-refractivity contribution in [2.45, 2.75) is 38.3 Å². The number of furan rings is 1. The van der Waals surface area contributed by atoms with Gasteiger partial charge in [0.1, 0.15) is 5.76 Å². The van der Waals surface area contributed by atoms with Crippen LogP contribution in [-0.4, -0.2) is 24.5 Å². The van der Waals surface area contributed by atoms with Gasteiger partial charge in [-0.15, -0.1) is 0 Å². The number of rotatable bonds is 5. The van der Waals surface area contributed by atoms with E-state index in [0.29, 0.717) is 0 Å². The largest absolute Gasteiger partial charge is 0.466 e. The van der Waals surface area contributed by atoms with Gasteiger partial charge < -0.3 is 15.1 Å². The lowest BCUT2D eigenvalue weighted by Gasteiger charge is -2.42. The van der Waals surface area contributed by atoms with E-state index in [1.54, 1.807) is 6.26 Å². The molecule has 1 aromatic heterocycles. The van der Waals surface area contributed by atoms with E-state index in [0.717, 1.165) is 23.1 Å². The molecule has 16 heavy (non-hydrogen) atoms. The summed E-state index contributed by atoms with van der Waals surface area (Å²) in [6, 6.07) is 1.77. The van der Waals surface area contributed by atoms with E-state index in [1.807, 2.05) is 6.07 Å². The number of nitrogens with zero attached hydrogens (tertiary/aromatic N) is 1. The second kappa shape index (κ2) is 5.34. The van der Waals surface area contributed by atoms with E-state index in [9.17, 15) is 0 Å². The summed E-state index contributed by atoms with van der Waals surface area (Å²) < 4.78 is 6.44. The van der Waals surface area contributed by atoms with Crippen molar-refractivity contribution in [2.24, 2.45) is 5.73 Å². The zero-order valence-electron chi connectivity index (χ0n) is 10.5. The first-order valence-corrected chi connectivity index (χ1v) is 6.44. The summed E-state index contributed by atoms with van der Waals surface area (Å²) in [4.78, 5) is 2.20. The molecule has 1 heterocycles. The first kappa shape index (κ1) is 13.7. The molecule has 1 aromatic rings. The van der Waals surface area contributed by atoms with Gasteiger partial charge in [0.15, 0.2) is 0 Å². The summed E-state index contributed by atoms with van der Waals surface area (Å²) in [5.41, 5.74) is 6.32. The predicted molar refractivity (Wildman–Crippen MR) is 70.3 cm³/mol. The van der Waals surface area contributed by atoms with Crippen molar-refractivity contribution in [3.05, 3.63) is 22.6 Å². The molecule has 0 saturated heterocycles. The fourth-order valence-electron chi connectivity index (χ4n) is 2.37. The van der Waals surface area contributed by atoms with Crippen molar-refractivity contribution in [2.75, 3.05) is 14.1 Å². The number of nitrogens with two attached hydrogens (primary N) is 1. The second-order valence-corrected chi connectivity index (χ2v) is 5.17. The highest BCUT2D eigenvalue weighted by atomic mass is 79.9. The maximum absolute atomic E-state index is 6.38. The van der Waals surface area contributed by atoms with Crippen molar-refractivity contribution >= 4 is 15.9 Å². The molecule has 0 spiro atoms. The van der Waals surface area contributed by atoms with Crippen LogP contribution in [0.15, 0.2) is 21.2 Å². The molecule has 2 N–H and O–H groups in total. The lowest BCUT2D eigenvalue weighted by molar-refractivity contribution is 0.0957. The molecule has 0 fully saturated rings. The van der Waals surface area contributed by atoms with Crippen molar-refractivity contribution < 1.29 is 4.42 Å². The number of hydrogen-bond acceptors (Lipinski definition) is 3. The van der Waals surface area contributed by atoms with E-state index in [4.69, 9.17) is 10.2 Å².